The van der Waals surface area contributed by atoms with Crippen molar-refractivity contribution in [1.82, 2.24) is 10.2 Å². The second-order valence-corrected chi connectivity index (χ2v) is 6.15. The molecule has 0 aromatic rings. The van der Waals surface area contributed by atoms with Crippen LogP contribution in [0.1, 0.15) is 32.6 Å². The van der Waals surface area contributed by atoms with Gasteiger partial charge in [-0.2, -0.15) is 11.8 Å². The summed E-state index contributed by atoms with van der Waals surface area (Å²) >= 11 is 1.92. The Balaban J connectivity index is 1.94. The van der Waals surface area contributed by atoms with E-state index in [-0.39, 0.29) is 17.9 Å². The Morgan fingerprint density at radius 1 is 1.24 bits per heavy atom. The minimum Gasteiger partial charge on any atom is -0.321 e. The molecular formula is C12H20N2O2S. The fraction of sp³-hybridized carbons (Fsp3) is 0.833. The van der Waals surface area contributed by atoms with Gasteiger partial charge in [0.25, 0.3) is 0 Å². The molecule has 17 heavy (non-hydrogen) atoms. The lowest BCUT2D eigenvalue weighted by Crippen LogP contribution is -2.57. The molecule has 1 saturated heterocycles. The van der Waals surface area contributed by atoms with Gasteiger partial charge in [-0.15, -0.1) is 0 Å². The van der Waals surface area contributed by atoms with Crippen molar-refractivity contribution >= 4 is 23.7 Å². The predicted octanol–water partition coefficient (Wildman–Crippen LogP) is 1.85. The van der Waals surface area contributed by atoms with Gasteiger partial charge in [-0.25, -0.2) is 4.79 Å². The minimum absolute atomic E-state index is 0.0778. The smallest absolute Gasteiger partial charge is 0.321 e. The molecule has 1 aliphatic carbocycles. The van der Waals surface area contributed by atoms with Crippen LogP contribution in [0.25, 0.3) is 0 Å². The molecule has 5 heteroatoms. The zero-order chi connectivity index (χ0) is 12.4. The summed E-state index contributed by atoms with van der Waals surface area (Å²) in [5.74, 6) is -0.213. The van der Waals surface area contributed by atoms with Crippen LogP contribution >= 0.6 is 11.8 Å². The standard InChI is InChI=1S/C12H20N2O2S/c1-8-7-14(12(16)13-11(8)15)9-3-5-10(17-2)6-4-9/h8-10H,3-7H2,1-2H3,(H,13,15,16). The summed E-state index contributed by atoms with van der Waals surface area (Å²) in [6.45, 7) is 2.46. The monoisotopic (exact) mass is 256 g/mol. The van der Waals surface area contributed by atoms with Gasteiger partial charge in [0, 0.05) is 17.8 Å². The molecule has 1 aliphatic heterocycles. The van der Waals surface area contributed by atoms with E-state index in [4.69, 9.17) is 0 Å². The summed E-state index contributed by atoms with van der Waals surface area (Å²) < 4.78 is 0. The molecule has 0 bridgehead atoms. The highest BCUT2D eigenvalue weighted by molar-refractivity contribution is 7.99. The molecule has 1 unspecified atom stereocenters. The van der Waals surface area contributed by atoms with Crippen LogP contribution in [0.4, 0.5) is 4.79 Å². The van der Waals surface area contributed by atoms with Gasteiger partial charge >= 0.3 is 6.03 Å². The molecule has 1 heterocycles. The van der Waals surface area contributed by atoms with Crippen molar-refractivity contribution in [3.05, 3.63) is 0 Å². The number of thioether (sulfide) groups is 1. The van der Waals surface area contributed by atoms with Crippen molar-refractivity contribution in [2.45, 2.75) is 43.9 Å². The summed E-state index contributed by atoms with van der Waals surface area (Å²) in [6.07, 6.45) is 6.65. The van der Waals surface area contributed by atoms with Crippen molar-refractivity contribution in [3.63, 3.8) is 0 Å². The zero-order valence-corrected chi connectivity index (χ0v) is 11.3. The van der Waals surface area contributed by atoms with Crippen LogP contribution in [0.2, 0.25) is 0 Å². The molecule has 0 aromatic heterocycles. The number of rotatable bonds is 2. The first-order valence-corrected chi connectivity index (χ1v) is 7.55. The fourth-order valence-corrected chi connectivity index (χ4v) is 3.41. The Morgan fingerprint density at radius 2 is 1.88 bits per heavy atom. The van der Waals surface area contributed by atoms with E-state index in [1.807, 2.05) is 23.6 Å². The summed E-state index contributed by atoms with van der Waals surface area (Å²) in [5, 5.41) is 3.19. The van der Waals surface area contributed by atoms with Crippen LogP contribution in [0.5, 0.6) is 0 Å². The van der Waals surface area contributed by atoms with Crippen molar-refractivity contribution < 1.29 is 9.59 Å². The Bertz CT molecular complexity index is 314. The highest BCUT2D eigenvalue weighted by Gasteiger charge is 2.35. The second-order valence-electron chi connectivity index (χ2n) is 5.01. The van der Waals surface area contributed by atoms with Gasteiger partial charge in [-0.3, -0.25) is 10.1 Å². The summed E-state index contributed by atoms with van der Waals surface area (Å²) in [6, 6.07) is 0.134. The molecule has 1 N–H and O–H groups in total. The van der Waals surface area contributed by atoms with E-state index >= 15 is 0 Å². The van der Waals surface area contributed by atoms with Gasteiger partial charge in [0.05, 0.1) is 5.92 Å². The Morgan fingerprint density at radius 3 is 2.47 bits per heavy atom. The third kappa shape index (κ3) is 2.76. The first kappa shape index (κ1) is 12.7. The number of carbonyl (C=O) groups is 2. The van der Waals surface area contributed by atoms with E-state index in [2.05, 4.69) is 11.6 Å². The van der Waals surface area contributed by atoms with Crippen molar-refractivity contribution in [2.75, 3.05) is 12.8 Å². The number of nitrogens with one attached hydrogen (secondary N) is 1. The van der Waals surface area contributed by atoms with Gasteiger partial charge < -0.3 is 4.90 Å². The lowest BCUT2D eigenvalue weighted by Gasteiger charge is -2.39. The SMILES string of the molecule is CSC1CCC(N2CC(C)C(=O)NC2=O)CC1. The van der Waals surface area contributed by atoms with E-state index < -0.39 is 0 Å². The lowest BCUT2D eigenvalue weighted by atomic mass is 9.92. The maximum atomic E-state index is 11.8. The summed E-state index contributed by atoms with van der Waals surface area (Å²) in [4.78, 5) is 25.0. The molecule has 3 amide bonds. The lowest BCUT2D eigenvalue weighted by molar-refractivity contribution is -0.125. The molecule has 96 valence electrons. The van der Waals surface area contributed by atoms with E-state index in [1.54, 1.807) is 0 Å². The van der Waals surface area contributed by atoms with Crippen LogP contribution in [-0.4, -0.2) is 40.9 Å². The molecule has 2 aliphatic rings. The number of urea groups is 1. The predicted molar refractivity (Wildman–Crippen MR) is 69.0 cm³/mol. The minimum atomic E-state index is -0.194. The number of imide groups is 1. The van der Waals surface area contributed by atoms with E-state index in [0.717, 1.165) is 18.1 Å². The Kier molecular flexibility index (Phi) is 3.97. The molecule has 0 radical (unpaired) electrons. The average Bonchev–Trinajstić information content (AvgIpc) is 2.34. The topological polar surface area (TPSA) is 49.4 Å². The van der Waals surface area contributed by atoms with E-state index in [9.17, 15) is 9.59 Å². The number of amides is 3. The van der Waals surface area contributed by atoms with Crippen molar-refractivity contribution in [1.29, 1.82) is 0 Å². The van der Waals surface area contributed by atoms with Crippen LogP contribution < -0.4 is 5.32 Å². The molecule has 4 nitrogen and oxygen atoms in total. The van der Waals surface area contributed by atoms with Gasteiger partial charge in [-0.05, 0) is 31.9 Å². The quantitative estimate of drug-likeness (QED) is 0.820. The number of nitrogens with zero attached hydrogens (tertiary/aromatic N) is 1. The van der Waals surface area contributed by atoms with E-state index in [0.29, 0.717) is 12.6 Å². The zero-order valence-electron chi connectivity index (χ0n) is 10.4. The first-order chi connectivity index (χ1) is 8.11. The Labute approximate surface area is 106 Å². The van der Waals surface area contributed by atoms with Crippen LogP contribution in [0.3, 0.4) is 0 Å². The summed E-state index contributed by atoms with van der Waals surface area (Å²) in [7, 11) is 0. The molecule has 0 spiro atoms. The molecule has 0 aromatic carbocycles. The summed E-state index contributed by atoms with van der Waals surface area (Å²) in [5.41, 5.74) is 0. The second kappa shape index (κ2) is 5.29. The average molecular weight is 256 g/mol. The molecule has 1 saturated carbocycles. The van der Waals surface area contributed by atoms with Crippen molar-refractivity contribution in [2.24, 2.45) is 5.92 Å². The van der Waals surface area contributed by atoms with Gasteiger partial charge in [0.1, 0.15) is 0 Å². The van der Waals surface area contributed by atoms with Crippen LogP contribution in [0, 0.1) is 5.92 Å². The molecule has 1 atom stereocenters. The fourth-order valence-electron chi connectivity index (χ4n) is 2.67. The highest BCUT2D eigenvalue weighted by Crippen LogP contribution is 2.30. The maximum absolute atomic E-state index is 11.8. The Hall–Kier alpha value is -0.710. The molecule has 2 rings (SSSR count). The number of hydrogen-bond donors (Lipinski definition) is 1. The normalized spacial score (nSPS) is 34.7. The maximum Gasteiger partial charge on any atom is 0.324 e. The van der Waals surface area contributed by atoms with Gasteiger partial charge in [0.2, 0.25) is 5.91 Å². The van der Waals surface area contributed by atoms with Gasteiger partial charge in [0.15, 0.2) is 0 Å². The number of hydrogen-bond acceptors (Lipinski definition) is 3. The van der Waals surface area contributed by atoms with Gasteiger partial charge in [-0.1, -0.05) is 6.92 Å². The highest BCUT2D eigenvalue weighted by atomic mass is 32.2. The van der Waals surface area contributed by atoms with Crippen LogP contribution in [0.15, 0.2) is 0 Å². The largest absolute Gasteiger partial charge is 0.324 e. The molecule has 2 fully saturated rings. The van der Waals surface area contributed by atoms with E-state index in [1.165, 1.54) is 12.8 Å². The number of carbonyl (C=O) groups excluding carboxylic acids is 2. The van der Waals surface area contributed by atoms with Crippen molar-refractivity contribution in [3.8, 4) is 0 Å². The molecular weight excluding hydrogens is 236 g/mol. The first-order valence-electron chi connectivity index (χ1n) is 6.26. The third-order valence-electron chi connectivity index (χ3n) is 3.83. The van der Waals surface area contributed by atoms with Crippen LogP contribution in [-0.2, 0) is 4.79 Å². The third-order valence-corrected chi connectivity index (χ3v) is 4.97.